The van der Waals surface area contributed by atoms with Gasteiger partial charge in [-0.2, -0.15) is 5.26 Å². The first-order valence-electron chi connectivity index (χ1n) is 5.56. The number of nitrogens with one attached hydrogen (secondary N) is 1. The molecule has 1 N–H and O–H groups in total. The molecule has 0 heterocycles. The third-order valence-electron chi connectivity index (χ3n) is 2.26. The van der Waals surface area contributed by atoms with E-state index in [0.29, 0.717) is 18.2 Å². The van der Waals surface area contributed by atoms with Crippen molar-refractivity contribution in [3.8, 4) is 11.8 Å². The first-order valence-corrected chi connectivity index (χ1v) is 5.56. The number of benzene rings is 1. The van der Waals surface area contributed by atoms with E-state index in [9.17, 15) is 4.79 Å². The summed E-state index contributed by atoms with van der Waals surface area (Å²) in [4.78, 5) is 11.3. The largest absolute Gasteiger partial charge is 0.412 e. The summed E-state index contributed by atoms with van der Waals surface area (Å²) in [6, 6.07) is 9.33. The molecule has 4 nitrogen and oxygen atoms in total. The third-order valence-corrected chi connectivity index (χ3v) is 2.26. The van der Waals surface area contributed by atoms with Crippen LogP contribution in [0.1, 0.15) is 31.7 Å². The van der Waals surface area contributed by atoms with Crippen LogP contribution < -0.4 is 10.1 Å². The van der Waals surface area contributed by atoms with Gasteiger partial charge >= 0.3 is 6.09 Å². The molecule has 0 aliphatic rings. The summed E-state index contributed by atoms with van der Waals surface area (Å²) in [7, 11) is 0. The fourth-order valence-corrected chi connectivity index (χ4v) is 1.28. The van der Waals surface area contributed by atoms with E-state index in [1.165, 1.54) is 5.56 Å². The van der Waals surface area contributed by atoms with E-state index in [0.717, 1.165) is 0 Å². The number of hydrogen-bond acceptors (Lipinski definition) is 3. The molecule has 0 aliphatic heterocycles. The second-order valence-electron chi connectivity index (χ2n) is 3.95. The Kier molecular flexibility index (Phi) is 5.02. The molecule has 0 unspecified atom stereocenters. The maximum atomic E-state index is 11.3. The van der Waals surface area contributed by atoms with Gasteiger partial charge in [-0.25, -0.2) is 4.79 Å². The smallest absolute Gasteiger partial charge is 0.410 e. The lowest BCUT2D eigenvalue weighted by Gasteiger charge is -2.07. The van der Waals surface area contributed by atoms with E-state index in [1.807, 2.05) is 18.2 Å². The quantitative estimate of drug-likeness (QED) is 0.812. The predicted molar refractivity (Wildman–Crippen MR) is 64.8 cm³/mol. The van der Waals surface area contributed by atoms with E-state index in [1.54, 1.807) is 12.1 Å². The molecule has 0 aromatic heterocycles. The Morgan fingerprint density at radius 2 is 2.06 bits per heavy atom. The summed E-state index contributed by atoms with van der Waals surface area (Å²) in [6.07, 6.45) is -0.251. The lowest BCUT2D eigenvalue weighted by atomic mass is 10.0. The fourth-order valence-electron chi connectivity index (χ4n) is 1.28. The van der Waals surface area contributed by atoms with Gasteiger partial charge in [0.1, 0.15) is 5.75 Å². The van der Waals surface area contributed by atoms with Crippen LogP contribution in [0.5, 0.6) is 5.75 Å². The Morgan fingerprint density at radius 1 is 1.41 bits per heavy atom. The van der Waals surface area contributed by atoms with Crippen LogP contribution >= 0.6 is 0 Å². The summed E-state index contributed by atoms with van der Waals surface area (Å²) < 4.78 is 5.04. The lowest BCUT2D eigenvalue weighted by molar-refractivity contribution is 0.201. The van der Waals surface area contributed by atoms with Gasteiger partial charge in [0.25, 0.3) is 0 Å². The minimum absolute atomic E-state index is 0.279. The molecule has 0 radical (unpaired) electrons. The molecule has 0 atom stereocenters. The van der Waals surface area contributed by atoms with Gasteiger partial charge in [0.15, 0.2) is 0 Å². The number of amides is 1. The average Bonchev–Trinajstić information content (AvgIpc) is 2.30. The minimum atomic E-state index is -0.530. The van der Waals surface area contributed by atoms with Crippen LogP contribution in [-0.2, 0) is 0 Å². The van der Waals surface area contributed by atoms with Crippen molar-refractivity contribution >= 4 is 6.09 Å². The first kappa shape index (κ1) is 13.0. The summed E-state index contributed by atoms with van der Waals surface area (Å²) in [5.41, 5.74) is 1.20. The molecule has 1 aromatic carbocycles. The molecular formula is C13H16N2O2. The van der Waals surface area contributed by atoms with Crippen LogP contribution in [0, 0.1) is 11.3 Å². The molecule has 1 amide bonds. The SMILES string of the molecule is CC(C)c1ccc(OC(=O)NCCC#N)cc1. The van der Waals surface area contributed by atoms with Crippen LogP contribution in [0.3, 0.4) is 0 Å². The van der Waals surface area contributed by atoms with Crippen molar-refractivity contribution in [1.29, 1.82) is 5.26 Å². The maximum absolute atomic E-state index is 11.3. The second-order valence-corrected chi connectivity index (χ2v) is 3.95. The predicted octanol–water partition coefficient (Wildman–Crippen LogP) is 2.81. The van der Waals surface area contributed by atoms with Crippen molar-refractivity contribution in [2.45, 2.75) is 26.2 Å². The molecule has 0 spiro atoms. The molecule has 0 bridgehead atoms. The van der Waals surface area contributed by atoms with Gasteiger partial charge in [-0.05, 0) is 23.6 Å². The minimum Gasteiger partial charge on any atom is -0.410 e. The number of ether oxygens (including phenoxy) is 1. The van der Waals surface area contributed by atoms with Crippen molar-refractivity contribution < 1.29 is 9.53 Å². The zero-order valence-corrected chi connectivity index (χ0v) is 10.1. The Balaban J connectivity index is 2.46. The van der Waals surface area contributed by atoms with Gasteiger partial charge in [0, 0.05) is 6.54 Å². The zero-order valence-electron chi connectivity index (χ0n) is 10.1. The summed E-state index contributed by atoms with van der Waals surface area (Å²) in [5.74, 6) is 0.956. The number of hydrogen-bond donors (Lipinski definition) is 1. The van der Waals surface area contributed by atoms with Crippen LogP contribution in [-0.4, -0.2) is 12.6 Å². The summed E-state index contributed by atoms with van der Waals surface area (Å²) in [6.45, 7) is 4.51. The van der Waals surface area contributed by atoms with Crippen LogP contribution in [0.25, 0.3) is 0 Å². The molecule has 1 rings (SSSR count). The van der Waals surface area contributed by atoms with Crippen molar-refractivity contribution in [3.05, 3.63) is 29.8 Å². The summed E-state index contributed by atoms with van der Waals surface area (Å²) in [5, 5.41) is 10.8. The number of carbonyl (C=O) groups is 1. The van der Waals surface area contributed by atoms with Crippen molar-refractivity contribution in [1.82, 2.24) is 5.32 Å². The zero-order chi connectivity index (χ0) is 12.7. The molecule has 4 heteroatoms. The first-order chi connectivity index (χ1) is 8.13. The highest BCUT2D eigenvalue weighted by Gasteiger charge is 2.04. The Hall–Kier alpha value is -2.02. The Bertz CT molecular complexity index is 404. The highest BCUT2D eigenvalue weighted by Crippen LogP contribution is 2.18. The standard InChI is InChI=1S/C13H16N2O2/c1-10(2)11-4-6-12(7-5-11)17-13(16)15-9-3-8-14/h4-7,10H,3,9H2,1-2H3,(H,15,16). The molecule has 0 fully saturated rings. The highest BCUT2D eigenvalue weighted by molar-refractivity contribution is 5.70. The Morgan fingerprint density at radius 3 is 2.59 bits per heavy atom. The van der Waals surface area contributed by atoms with E-state index in [-0.39, 0.29) is 6.42 Å². The molecular weight excluding hydrogens is 216 g/mol. The van der Waals surface area contributed by atoms with Gasteiger partial charge in [0.05, 0.1) is 12.5 Å². The number of nitrogens with zero attached hydrogens (tertiary/aromatic N) is 1. The topological polar surface area (TPSA) is 62.1 Å². The summed E-state index contributed by atoms with van der Waals surface area (Å²) >= 11 is 0. The van der Waals surface area contributed by atoms with Gasteiger partial charge in [-0.1, -0.05) is 26.0 Å². The van der Waals surface area contributed by atoms with Crippen LogP contribution in [0.2, 0.25) is 0 Å². The molecule has 0 saturated heterocycles. The average molecular weight is 232 g/mol. The van der Waals surface area contributed by atoms with Crippen LogP contribution in [0.15, 0.2) is 24.3 Å². The van der Waals surface area contributed by atoms with Crippen molar-refractivity contribution in [2.24, 2.45) is 0 Å². The molecule has 17 heavy (non-hydrogen) atoms. The number of rotatable bonds is 4. The molecule has 1 aromatic rings. The van der Waals surface area contributed by atoms with Gasteiger partial charge in [0.2, 0.25) is 0 Å². The van der Waals surface area contributed by atoms with E-state index >= 15 is 0 Å². The number of carbonyl (C=O) groups excluding carboxylic acids is 1. The second kappa shape index (κ2) is 6.54. The van der Waals surface area contributed by atoms with Gasteiger partial charge in [-0.15, -0.1) is 0 Å². The van der Waals surface area contributed by atoms with Gasteiger partial charge in [-0.3, -0.25) is 0 Å². The monoisotopic (exact) mass is 232 g/mol. The lowest BCUT2D eigenvalue weighted by Crippen LogP contribution is -2.27. The van der Waals surface area contributed by atoms with Gasteiger partial charge < -0.3 is 10.1 Å². The van der Waals surface area contributed by atoms with E-state index in [2.05, 4.69) is 19.2 Å². The molecule has 90 valence electrons. The Labute approximate surface area is 101 Å². The van der Waals surface area contributed by atoms with Crippen molar-refractivity contribution in [3.63, 3.8) is 0 Å². The van der Waals surface area contributed by atoms with Crippen molar-refractivity contribution in [2.75, 3.05) is 6.54 Å². The fraction of sp³-hybridized carbons (Fsp3) is 0.385. The van der Waals surface area contributed by atoms with E-state index in [4.69, 9.17) is 10.00 Å². The normalized spacial score (nSPS) is 9.76. The molecule has 0 aliphatic carbocycles. The number of nitriles is 1. The third kappa shape index (κ3) is 4.56. The van der Waals surface area contributed by atoms with Crippen LogP contribution in [0.4, 0.5) is 4.79 Å². The maximum Gasteiger partial charge on any atom is 0.412 e. The highest BCUT2D eigenvalue weighted by atomic mass is 16.5. The molecule has 0 saturated carbocycles. The van der Waals surface area contributed by atoms with E-state index < -0.39 is 6.09 Å².